The van der Waals surface area contributed by atoms with Crippen LogP contribution in [0.15, 0.2) is 53.4 Å². The van der Waals surface area contributed by atoms with Crippen LogP contribution >= 0.6 is 11.3 Å². The van der Waals surface area contributed by atoms with Crippen LogP contribution in [0.1, 0.15) is 58.5 Å². The second-order valence-corrected chi connectivity index (χ2v) is 10.0. The monoisotopic (exact) mass is 475 g/mol. The number of ether oxygens (including phenoxy) is 1. The first-order chi connectivity index (χ1) is 16.1. The van der Waals surface area contributed by atoms with Crippen molar-refractivity contribution in [1.82, 2.24) is 0 Å². The Hall–Kier alpha value is -3.38. The maximum atomic E-state index is 13.4. The normalized spacial score (nSPS) is 17.6. The number of aliphatic hydroxyl groups is 1. The van der Waals surface area contributed by atoms with Crippen molar-refractivity contribution in [1.29, 1.82) is 0 Å². The third kappa shape index (κ3) is 3.92. The third-order valence-electron chi connectivity index (χ3n) is 6.32. The highest BCUT2D eigenvalue weighted by atomic mass is 32.1. The number of carbonyl (C=O) groups is 2. The van der Waals surface area contributed by atoms with Crippen molar-refractivity contribution < 1.29 is 19.4 Å². The zero-order valence-electron chi connectivity index (χ0n) is 20.3. The summed E-state index contributed by atoms with van der Waals surface area (Å²) in [5.41, 5.74) is 4.96. The van der Waals surface area contributed by atoms with Crippen LogP contribution < -0.4 is 9.64 Å². The second kappa shape index (κ2) is 9.11. The molecule has 0 bridgehead atoms. The molecule has 4 rings (SSSR count). The standard InChI is InChI=1S/C28H29NO4S/c1-15(2)19-14-20(17(4)13-22(19)33-6)26(30)24-25(23-8-7-11-34-23)29(28(32)27(24)31)21-10-9-16(3)12-18(21)5/h7-15,25,30H,1-6H3/b26-24+. The molecule has 1 unspecified atom stereocenters. The summed E-state index contributed by atoms with van der Waals surface area (Å²) in [6, 6.07) is 12.6. The molecule has 5 nitrogen and oxygen atoms in total. The molecule has 1 aliphatic rings. The second-order valence-electron chi connectivity index (χ2n) is 9.04. The van der Waals surface area contributed by atoms with Gasteiger partial charge in [-0.3, -0.25) is 14.5 Å². The lowest BCUT2D eigenvalue weighted by atomic mass is 9.92. The Morgan fingerprint density at radius 3 is 2.38 bits per heavy atom. The van der Waals surface area contributed by atoms with Crippen LogP contribution in [0.5, 0.6) is 5.75 Å². The van der Waals surface area contributed by atoms with E-state index in [-0.39, 0.29) is 17.3 Å². The smallest absolute Gasteiger partial charge is 0.300 e. The number of amides is 1. The summed E-state index contributed by atoms with van der Waals surface area (Å²) in [5, 5.41) is 13.5. The average Bonchev–Trinajstić information content (AvgIpc) is 3.40. The molecule has 1 atom stereocenters. The Kier molecular flexibility index (Phi) is 6.36. The zero-order valence-corrected chi connectivity index (χ0v) is 21.1. The van der Waals surface area contributed by atoms with E-state index in [1.54, 1.807) is 7.11 Å². The molecule has 1 aromatic heterocycles. The fourth-order valence-electron chi connectivity index (χ4n) is 4.60. The van der Waals surface area contributed by atoms with Gasteiger partial charge >= 0.3 is 0 Å². The number of aryl methyl sites for hydroxylation is 3. The van der Waals surface area contributed by atoms with E-state index >= 15 is 0 Å². The highest BCUT2D eigenvalue weighted by Gasteiger charge is 2.48. The van der Waals surface area contributed by atoms with Crippen LogP contribution in [0.25, 0.3) is 5.76 Å². The predicted molar refractivity (Wildman–Crippen MR) is 137 cm³/mol. The van der Waals surface area contributed by atoms with Crippen LogP contribution in [0.2, 0.25) is 0 Å². The molecule has 0 spiro atoms. The van der Waals surface area contributed by atoms with E-state index in [0.717, 1.165) is 32.9 Å². The van der Waals surface area contributed by atoms with Gasteiger partial charge in [0.15, 0.2) is 0 Å². The van der Waals surface area contributed by atoms with Crippen molar-refractivity contribution in [2.75, 3.05) is 12.0 Å². The molecule has 1 saturated heterocycles. The summed E-state index contributed by atoms with van der Waals surface area (Å²) >= 11 is 1.45. The Bertz CT molecular complexity index is 1300. The molecule has 0 aliphatic carbocycles. The predicted octanol–water partition coefficient (Wildman–Crippen LogP) is 6.43. The van der Waals surface area contributed by atoms with Gasteiger partial charge in [-0.25, -0.2) is 0 Å². The number of anilines is 1. The van der Waals surface area contributed by atoms with Gasteiger partial charge in [0.1, 0.15) is 17.6 Å². The minimum absolute atomic E-state index is 0.107. The Morgan fingerprint density at radius 2 is 1.79 bits per heavy atom. The maximum absolute atomic E-state index is 13.4. The molecule has 2 aromatic carbocycles. The fourth-order valence-corrected chi connectivity index (χ4v) is 5.42. The van der Waals surface area contributed by atoms with Gasteiger partial charge in [0.25, 0.3) is 11.7 Å². The van der Waals surface area contributed by atoms with Crippen molar-refractivity contribution in [3.8, 4) is 5.75 Å². The van der Waals surface area contributed by atoms with Crippen molar-refractivity contribution >= 4 is 34.5 Å². The summed E-state index contributed by atoms with van der Waals surface area (Å²) < 4.78 is 5.54. The van der Waals surface area contributed by atoms with E-state index in [1.807, 2.05) is 82.5 Å². The molecular weight excluding hydrogens is 446 g/mol. The lowest BCUT2D eigenvalue weighted by Crippen LogP contribution is -2.29. The van der Waals surface area contributed by atoms with E-state index in [4.69, 9.17) is 4.74 Å². The van der Waals surface area contributed by atoms with Gasteiger partial charge in [-0.15, -0.1) is 11.3 Å². The summed E-state index contributed by atoms with van der Waals surface area (Å²) in [6.45, 7) is 9.86. The average molecular weight is 476 g/mol. The van der Waals surface area contributed by atoms with Crippen molar-refractivity contribution in [3.05, 3.63) is 86.1 Å². The summed E-state index contributed by atoms with van der Waals surface area (Å²) in [6.07, 6.45) is 0. The van der Waals surface area contributed by atoms with Crippen LogP contribution in [-0.2, 0) is 9.59 Å². The van der Waals surface area contributed by atoms with Crippen molar-refractivity contribution in [2.45, 2.75) is 46.6 Å². The number of aliphatic hydroxyl groups excluding tert-OH is 1. The first kappa shape index (κ1) is 23.8. The van der Waals surface area contributed by atoms with Gasteiger partial charge in [0.05, 0.1) is 12.7 Å². The molecule has 0 radical (unpaired) electrons. The lowest BCUT2D eigenvalue weighted by Gasteiger charge is -2.26. The van der Waals surface area contributed by atoms with E-state index in [9.17, 15) is 14.7 Å². The molecule has 3 aromatic rings. The highest BCUT2D eigenvalue weighted by Crippen LogP contribution is 2.45. The Morgan fingerprint density at radius 1 is 1.06 bits per heavy atom. The van der Waals surface area contributed by atoms with Gasteiger partial charge in [-0.05, 0) is 73.0 Å². The Labute approximate surface area is 204 Å². The molecule has 0 saturated carbocycles. The number of methoxy groups -OCH3 is 1. The largest absolute Gasteiger partial charge is 0.507 e. The third-order valence-corrected chi connectivity index (χ3v) is 7.25. The van der Waals surface area contributed by atoms with Crippen molar-refractivity contribution in [3.63, 3.8) is 0 Å². The zero-order chi connectivity index (χ0) is 24.7. The summed E-state index contributed by atoms with van der Waals surface area (Å²) in [5.74, 6) is -0.604. The van der Waals surface area contributed by atoms with Crippen molar-refractivity contribution in [2.24, 2.45) is 0 Å². The van der Waals surface area contributed by atoms with Gasteiger partial charge in [0.2, 0.25) is 0 Å². The molecule has 1 amide bonds. The minimum atomic E-state index is -0.703. The van der Waals surface area contributed by atoms with E-state index in [2.05, 4.69) is 0 Å². The number of hydrogen-bond acceptors (Lipinski definition) is 5. The van der Waals surface area contributed by atoms with Crippen LogP contribution in [0.4, 0.5) is 5.69 Å². The topological polar surface area (TPSA) is 66.8 Å². The molecule has 1 aliphatic heterocycles. The fraction of sp³-hybridized carbons (Fsp3) is 0.286. The first-order valence-electron chi connectivity index (χ1n) is 11.3. The highest BCUT2D eigenvalue weighted by molar-refractivity contribution is 7.10. The lowest BCUT2D eigenvalue weighted by molar-refractivity contribution is -0.132. The van der Waals surface area contributed by atoms with Crippen LogP contribution in [0.3, 0.4) is 0 Å². The molecule has 6 heteroatoms. The van der Waals surface area contributed by atoms with Gasteiger partial charge < -0.3 is 9.84 Å². The Balaban J connectivity index is 1.97. The maximum Gasteiger partial charge on any atom is 0.300 e. The molecule has 1 N–H and O–H groups in total. The van der Waals surface area contributed by atoms with Crippen LogP contribution in [-0.4, -0.2) is 23.9 Å². The molecule has 34 heavy (non-hydrogen) atoms. The van der Waals surface area contributed by atoms with Gasteiger partial charge in [-0.2, -0.15) is 0 Å². The van der Waals surface area contributed by atoms with Gasteiger partial charge in [-0.1, -0.05) is 37.6 Å². The van der Waals surface area contributed by atoms with Gasteiger partial charge in [0, 0.05) is 16.1 Å². The summed E-state index contributed by atoms with van der Waals surface area (Å²) in [4.78, 5) is 29.1. The molecule has 2 heterocycles. The van der Waals surface area contributed by atoms with E-state index < -0.39 is 17.7 Å². The number of carbonyl (C=O) groups excluding carboxylic acids is 2. The number of thiophene rings is 1. The SMILES string of the molecule is COc1cc(C)c(/C(O)=C2\C(=O)C(=O)N(c3ccc(C)cc3C)C2c2cccs2)cc1C(C)C. The number of ketones is 1. The van der Waals surface area contributed by atoms with Crippen LogP contribution in [0, 0.1) is 20.8 Å². The number of hydrogen-bond donors (Lipinski definition) is 1. The molecule has 176 valence electrons. The molecule has 1 fully saturated rings. The quantitative estimate of drug-likeness (QED) is 0.262. The number of rotatable bonds is 5. The first-order valence-corrected chi connectivity index (χ1v) is 12.1. The number of Topliss-reactive ketones (excluding diaryl/α,β-unsaturated/α-hetero) is 1. The number of benzene rings is 2. The van der Waals surface area contributed by atoms with E-state index in [0.29, 0.717) is 11.3 Å². The van der Waals surface area contributed by atoms with E-state index in [1.165, 1.54) is 16.2 Å². The molecular formula is C28H29NO4S. The minimum Gasteiger partial charge on any atom is -0.507 e. The number of nitrogens with zero attached hydrogens (tertiary/aromatic N) is 1. The summed E-state index contributed by atoms with van der Waals surface area (Å²) in [7, 11) is 1.62.